The summed E-state index contributed by atoms with van der Waals surface area (Å²) in [5.41, 5.74) is 0.597. The van der Waals surface area contributed by atoms with Crippen LogP contribution in [0.25, 0.3) is 0 Å². The highest BCUT2D eigenvalue weighted by Gasteiger charge is 2.36. The van der Waals surface area contributed by atoms with E-state index in [0.717, 1.165) is 28.2 Å². The van der Waals surface area contributed by atoms with E-state index in [4.69, 9.17) is 16.3 Å². The van der Waals surface area contributed by atoms with E-state index in [2.05, 4.69) is 0 Å². The van der Waals surface area contributed by atoms with Crippen LogP contribution in [0.5, 0.6) is 5.75 Å². The number of hydrogen-bond acceptors (Lipinski definition) is 3. The summed E-state index contributed by atoms with van der Waals surface area (Å²) in [7, 11) is 0. The van der Waals surface area contributed by atoms with Crippen molar-refractivity contribution in [3.63, 3.8) is 0 Å². The second kappa shape index (κ2) is 10.0. The van der Waals surface area contributed by atoms with Crippen LogP contribution in [0.4, 0.5) is 17.6 Å². The number of carbonyl (C=O) groups excluding carboxylic acids is 1. The molecule has 0 fully saturated rings. The maximum absolute atomic E-state index is 13.5. The van der Waals surface area contributed by atoms with Crippen LogP contribution >= 0.6 is 11.6 Å². The normalized spacial score (nSPS) is 16.7. The second-order valence-electron chi connectivity index (χ2n) is 9.23. The Labute approximate surface area is 215 Å². The lowest BCUT2D eigenvalue weighted by atomic mass is 9.91. The van der Waals surface area contributed by atoms with E-state index in [1.807, 2.05) is 6.92 Å². The van der Waals surface area contributed by atoms with Gasteiger partial charge in [0.05, 0.1) is 10.6 Å². The SMILES string of the molecule is C[C@]1(Cc2ccc(F)c(Cl)c2)Cc2cc(C(=O)N(CC(=O)O)Cc3ccc(C(F)(F)F)cc3)ccc2O1. The van der Waals surface area contributed by atoms with Crippen molar-refractivity contribution >= 4 is 23.5 Å². The van der Waals surface area contributed by atoms with Gasteiger partial charge < -0.3 is 14.7 Å². The van der Waals surface area contributed by atoms with Gasteiger partial charge in [-0.3, -0.25) is 9.59 Å². The van der Waals surface area contributed by atoms with Crippen LogP contribution in [0, 0.1) is 5.82 Å². The van der Waals surface area contributed by atoms with Crippen LogP contribution in [-0.2, 0) is 30.4 Å². The molecule has 4 rings (SSSR count). The molecule has 0 radical (unpaired) electrons. The van der Waals surface area contributed by atoms with Crippen molar-refractivity contribution in [1.82, 2.24) is 4.90 Å². The molecule has 3 aromatic rings. The number of benzene rings is 3. The van der Waals surface area contributed by atoms with Crippen molar-refractivity contribution in [3.05, 3.63) is 99.3 Å². The van der Waals surface area contributed by atoms with Crippen LogP contribution in [0.15, 0.2) is 60.7 Å². The highest BCUT2D eigenvalue weighted by atomic mass is 35.5. The summed E-state index contributed by atoms with van der Waals surface area (Å²) in [6.45, 7) is 1.07. The number of ether oxygens (including phenoxy) is 1. The maximum Gasteiger partial charge on any atom is 0.416 e. The first-order chi connectivity index (χ1) is 17.3. The first-order valence-electron chi connectivity index (χ1n) is 11.3. The molecule has 1 aliphatic rings. The summed E-state index contributed by atoms with van der Waals surface area (Å²) in [6, 6.07) is 13.4. The summed E-state index contributed by atoms with van der Waals surface area (Å²) in [5.74, 6) is -1.78. The third-order valence-corrected chi connectivity index (χ3v) is 6.35. The standard InChI is InChI=1S/C27H22ClF4NO4/c1-26(12-17-4-8-22(29)21(28)10-17)13-19-11-18(5-9-23(19)37-26)25(36)33(15-24(34)35)14-16-2-6-20(7-3-16)27(30,31)32/h2-11H,12-15H2,1H3,(H,34,35)/t26-/m0/s1. The molecule has 3 aromatic carbocycles. The predicted molar refractivity (Wildman–Crippen MR) is 128 cm³/mol. The average Bonchev–Trinajstić information content (AvgIpc) is 3.15. The Bertz CT molecular complexity index is 1340. The monoisotopic (exact) mass is 535 g/mol. The van der Waals surface area contributed by atoms with Crippen molar-refractivity contribution in [3.8, 4) is 5.75 Å². The number of nitrogens with zero attached hydrogens (tertiary/aromatic N) is 1. The van der Waals surface area contributed by atoms with E-state index in [-0.39, 0.29) is 17.1 Å². The molecule has 194 valence electrons. The van der Waals surface area contributed by atoms with Crippen LogP contribution in [0.3, 0.4) is 0 Å². The summed E-state index contributed by atoms with van der Waals surface area (Å²) >= 11 is 5.89. The third-order valence-electron chi connectivity index (χ3n) is 6.06. The number of carboxylic acid groups (broad SMARTS) is 1. The molecular weight excluding hydrogens is 514 g/mol. The number of halogens is 5. The van der Waals surface area contributed by atoms with Gasteiger partial charge in [-0.15, -0.1) is 0 Å². The number of amides is 1. The topological polar surface area (TPSA) is 66.8 Å². The Balaban J connectivity index is 1.51. The molecule has 0 unspecified atom stereocenters. The minimum absolute atomic E-state index is 0.0102. The largest absolute Gasteiger partial charge is 0.487 e. The molecular formula is C27H22ClF4NO4. The summed E-state index contributed by atoms with van der Waals surface area (Å²) in [5, 5.41) is 9.32. The van der Waals surface area contributed by atoms with Crippen LogP contribution in [0.1, 0.15) is 39.5 Å². The lowest BCUT2D eigenvalue weighted by Crippen LogP contribution is -2.35. The lowest BCUT2D eigenvalue weighted by Gasteiger charge is -2.24. The number of fused-ring (bicyclic) bond motifs is 1. The lowest BCUT2D eigenvalue weighted by molar-refractivity contribution is -0.138. The predicted octanol–water partition coefficient (Wildman–Crippen LogP) is 6.16. The van der Waals surface area contributed by atoms with E-state index in [0.29, 0.717) is 24.2 Å². The van der Waals surface area contributed by atoms with Crippen LogP contribution in [-0.4, -0.2) is 34.0 Å². The minimum Gasteiger partial charge on any atom is -0.487 e. The average molecular weight is 536 g/mol. The zero-order chi connectivity index (χ0) is 27.0. The van der Waals surface area contributed by atoms with Gasteiger partial charge in [0.1, 0.15) is 23.7 Å². The Morgan fingerprint density at radius 3 is 2.35 bits per heavy atom. The molecule has 5 nitrogen and oxygen atoms in total. The van der Waals surface area contributed by atoms with Gasteiger partial charge in [0, 0.05) is 24.9 Å². The van der Waals surface area contributed by atoms with Crippen molar-refractivity contribution < 1.29 is 37.0 Å². The van der Waals surface area contributed by atoms with E-state index in [9.17, 15) is 32.3 Å². The first-order valence-corrected chi connectivity index (χ1v) is 11.6. The van der Waals surface area contributed by atoms with E-state index >= 15 is 0 Å². The van der Waals surface area contributed by atoms with E-state index < -0.39 is 41.6 Å². The molecule has 10 heteroatoms. The summed E-state index contributed by atoms with van der Waals surface area (Å²) in [6.07, 6.45) is -3.63. The number of alkyl halides is 3. The minimum atomic E-state index is -4.50. The first kappa shape index (κ1) is 26.5. The van der Waals surface area contributed by atoms with Gasteiger partial charge in [0.25, 0.3) is 5.91 Å². The zero-order valence-electron chi connectivity index (χ0n) is 19.6. The number of carboxylic acids is 1. The van der Waals surface area contributed by atoms with Gasteiger partial charge in [0.2, 0.25) is 0 Å². The summed E-state index contributed by atoms with van der Waals surface area (Å²) < 4.78 is 58.2. The maximum atomic E-state index is 13.5. The molecule has 0 spiro atoms. The molecule has 0 saturated carbocycles. The van der Waals surface area contributed by atoms with Crippen molar-refractivity contribution in [1.29, 1.82) is 0 Å². The Morgan fingerprint density at radius 2 is 1.73 bits per heavy atom. The van der Waals surface area contributed by atoms with Gasteiger partial charge >= 0.3 is 12.1 Å². The molecule has 1 heterocycles. The fourth-order valence-corrected chi connectivity index (χ4v) is 4.60. The van der Waals surface area contributed by atoms with Gasteiger partial charge in [-0.1, -0.05) is 29.8 Å². The molecule has 1 amide bonds. The van der Waals surface area contributed by atoms with Gasteiger partial charge in [-0.25, -0.2) is 4.39 Å². The molecule has 0 bridgehead atoms. The molecule has 0 aliphatic carbocycles. The number of carbonyl (C=O) groups is 2. The molecule has 0 aromatic heterocycles. The van der Waals surface area contributed by atoms with Gasteiger partial charge in [0.15, 0.2) is 0 Å². The van der Waals surface area contributed by atoms with Crippen molar-refractivity contribution in [2.24, 2.45) is 0 Å². The Morgan fingerprint density at radius 1 is 1.05 bits per heavy atom. The second-order valence-corrected chi connectivity index (χ2v) is 9.63. The van der Waals surface area contributed by atoms with Crippen LogP contribution in [0.2, 0.25) is 5.02 Å². The number of rotatable bonds is 7. The Hall–Kier alpha value is -3.59. The van der Waals surface area contributed by atoms with Gasteiger partial charge in [-0.05, 0) is 66.1 Å². The van der Waals surface area contributed by atoms with E-state index in [1.54, 1.807) is 18.2 Å². The number of hydrogen-bond donors (Lipinski definition) is 1. The third kappa shape index (κ3) is 6.22. The molecule has 1 atom stereocenters. The highest BCUT2D eigenvalue weighted by molar-refractivity contribution is 6.30. The fourth-order valence-electron chi connectivity index (χ4n) is 4.40. The number of aliphatic carboxylic acids is 1. The molecule has 0 saturated heterocycles. The summed E-state index contributed by atoms with van der Waals surface area (Å²) in [4.78, 5) is 25.7. The fraction of sp³-hybridized carbons (Fsp3) is 0.259. The van der Waals surface area contributed by atoms with Gasteiger partial charge in [-0.2, -0.15) is 13.2 Å². The quantitative estimate of drug-likeness (QED) is 0.368. The molecule has 37 heavy (non-hydrogen) atoms. The van der Waals surface area contributed by atoms with Crippen molar-refractivity contribution in [2.75, 3.05) is 6.54 Å². The Kier molecular flexibility index (Phi) is 7.19. The smallest absolute Gasteiger partial charge is 0.416 e. The van der Waals surface area contributed by atoms with Crippen molar-refractivity contribution in [2.45, 2.75) is 38.1 Å². The molecule has 1 aliphatic heterocycles. The van der Waals surface area contributed by atoms with Crippen LogP contribution < -0.4 is 4.74 Å². The van der Waals surface area contributed by atoms with E-state index in [1.165, 1.54) is 30.3 Å². The highest BCUT2D eigenvalue weighted by Crippen LogP contribution is 2.38. The zero-order valence-corrected chi connectivity index (χ0v) is 20.4. The molecule has 1 N–H and O–H groups in total.